The fourth-order valence-corrected chi connectivity index (χ4v) is 1.92. The number of aromatic nitrogens is 1. The fourth-order valence-electron chi connectivity index (χ4n) is 1.67. The molecule has 0 amide bonds. The van der Waals surface area contributed by atoms with Gasteiger partial charge in [0.15, 0.2) is 0 Å². The van der Waals surface area contributed by atoms with Crippen molar-refractivity contribution in [1.82, 2.24) is 4.98 Å². The maximum atomic E-state index is 4.16. The van der Waals surface area contributed by atoms with Crippen molar-refractivity contribution in [2.45, 2.75) is 20.4 Å². The molecule has 0 fully saturated rings. The Hall–Kier alpha value is -1.35. The number of halogens is 1. The first-order chi connectivity index (χ1) is 8.15. The van der Waals surface area contributed by atoms with Crippen LogP contribution in [0.15, 0.2) is 41.1 Å². The van der Waals surface area contributed by atoms with E-state index in [2.05, 4.69) is 57.4 Å². The Morgan fingerprint density at radius 3 is 2.71 bits per heavy atom. The van der Waals surface area contributed by atoms with Gasteiger partial charge in [0.2, 0.25) is 0 Å². The summed E-state index contributed by atoms with van der Waals surface area (Å²) in [5.41, 5.74) is 4.76. The summed E-state index contributed by atoms with van der Waals surface area (Å²) in [6.45, 7) is 4.96. The van der Waals surface area contributed by atoms with E-state index in [-0.39, 0.29) is 0 Å². The molecular formula is C14H15BrN2. The number of anilines is 1. The van der Waals surface area contributed by atoms with Crippen LogP contribution in [-0.4, -0.2) is 4.98 Å². The summed E-state index contributed by atoms with van der Waals surface area (Å²) in [5.74, 6) is 0. The highest BCUT2D eigenvalue weighted by molar-refractivity contribution is 9.10. The number of aryl methyl sites for hydroxylation is 2. The quantitative estimate of drug-likeness (QED) is 0.922. The molecule has 0 unspecified atom stereocenters. The van der Waals surface area contributed by atoms with Gasteiger partial charge >= 0.3 is 0 Å². The zero-order valence-electron chi connectivity index (χ0n) is 10.00. The summed E-state index contributed by atoms with van der Waals surface area (Å²) in [5, 5.41) is 3.37. The predicted molar refractivity (Wildman–Crippen MR) is 75.2 cm³/mol. The molecule has 0 saturated carbocycles. The lowest BCUT2D eigenvalue weighted by Crippen LogP contribution is -2.00. The average Bonchev–Trinajstić information content (AvgIpc) is 2.31. The molecule has 1 N–H and O–H groups in total. The van der Waals surface area contributed by atoms with E-state index >= 15 is 0 Å². The minimum Gasteiger partial charge on any atom is -0.380 e. The first-order valence-electron chi connectivity index (χ1n) is 5.56. The predicted octanol–water partition coefficient (Wildman–Crippen LogP) is 4.07. The van der Waals surface area contributed by atoms with Crippen LogP contribution >= 0.6 is 15.9 Å². The maximum Gasteiger partial charge on any atom is 0.0532 e. The zero-order valence-corrected chi connectivity index (χ0v) is 11.6. The average molecular weight is 291 g/mol. The molecule has 1 aromatic carbocycles. The van der Waals surface area contributed by atoms with Crippen LogP contribution in [0.1, 0.15) is 16.7 Å². The molecule has 0 atom stereocenters. The van der Waals surface area contributed by atoms with Crippen LogP contribution in [0.4, 0.5) is 5.69 Å². The molecule has 1 aromatic heterocycles. The van der Waals surface area contributed by atoms with Crippen molar-refractivity contribution in [3.63, 3.8) is 0 Å². The van der Waals surface area contributed by atoms with Crippen molar-refractivity contribution in [3.05, 3.63) is 57.8 Å². The van der Waals surface area contributed by atoms with Crippen molar-refractivity contribution >= 4 is 21.6 Å². The Kier molecular flexibility index (Phi) is 3.79. The number of hydrogen-bond acceptors (Lipinski definition) is 2. The van der Waals surface area contributed by atoms with E-state index in [1.54, 1.807) is 0 Å². The lowest BCUT2D eigenvalue weighted by Gasteiger charge is -2.08. The Morgan fingerprint density at radius 1 is 1.18 bits per heavy atom. The second-order valence-electron chi connectivity index (χ2n) is 4.19. The van der Waals surface area contributed by atoms with Crippen molar-refractivity contribution in [2.24, 2.45) is 0 Å². The number of hydrogen-bond donors (Lipinski definition) is 1. The lowest BCUT2D eigenvalue weighted by molar-refractivity contribution is 1.12. The van der Waals surface area contributed by atoms with Gasteiger partial charge in [-0.2, -0.15) is 0 Å². The van der Waals surface area contributed by atoms with E-state index in [9.17, 15) is 0 Å². The van der Waals surface area contributed by atoms with Crippen molar-refractivity contribution in [3.8, 4) is 0 Å². The number of rotatable bonds is 3. The zero-order chi connectivity index (χ0) is 12.3. The van der Waals surface area contributed by atoms with Crippen LogP contribution in [0.5, 0.6) is 0 Å². The van der Waals surface area contributed by atoms with E-state index < -0.39 is 0 Å². The van der Waals surface area contributed by atoms with Crippen molar-refractivity contribution < 1.29 is 0 Å². The Morgan fingerprint density at radius 2 is 2.00 bits per heavy atom. The van der Waals surface area contributed by atoms with Gasteiger partial charge in [0, 0.05) is 23.4 Å². The van der Waals surface area contributed by atoms with E-state index in [0.29, 0.717) is 0 Å². The number of nitrogens with one attached hydrogen (secondary N) is 1. The number of nitrogens with zero attached hydrogens (tertiary/aromatic N) is 1. The van der Waals surface area contributed by atoms with Crippen LogP contribution < -0.4 is 5.32 Å². The van der Waals surface area contributed by atoms with Gasteiger partial charge in [0.1, 0.15) is 0 Å². The summed E-state index contributed by atoms with van der Waals surface area (Å²) in [7, 11) is 0. The molecule has 17 heavy (non-hydrogen) atoms. The molecule has 3 heteroatoms. The van der Waals surface area contributed by atoms with Crippen molar-refractivity contribution in [2.75, 3.05) is 5.32 Å². The first kappa shape index (κ1) is 12.1. The van der Waals surface area contributed by atoms with Gasteiger partial charge in [-0.25, -0.2) is 0 Å². The lowest BCUT2D eigenvalue weighted by atomic mass is 10.1. The molecule has 1 heterocycles. The first-order valence-corrected chi connectivity index (χ1v) is 6.35. The van der Waals surface area contributed by atoms with Crippen LogP contribution in [0.25, 0.3) is 0 Å². The summed E-state index contributed by atoms with van der Waals surface area (Å²) < 4.78 is 1.15. The third-order valence-corrected chi connectivity index (χ3v) is 3.48. The van der Waals surface area contributed by atoms with Gasteiger partial charge in [-0.1, -0.05) is 28.1 Å². The van der Waals surface area contributed by atoms with E-state index in [1.807, 2.05) is 19.3 Å². The molecule has 2 nitrogen and oxygen atoms in total. The maximum absolute atomic E-state index is 4.16. The largest absolute Gasteiger partial charge is 0.380 e. The molecule has 0 radical (unpaired) electrons. The van der Waals surface area contributed by atoms with Gasteiger partial charge in [0.05, 0.1) is 5.69 Å². The molecule has 0 bridgehead atoms. The SMILES string of the molecule is Cc1cncc(NCc2ccc(Br)c(C)c2)c1. The van der Waals surface area contributed by atoms with Crippen LogP contribution in [-0.2, 0) is 6.54 Å². The van der Waals surface area contributed by atoms with Crippen LogP contribution in [0, 0.1) is 13.8 Å². The molecule has 88 valence electrons. The van der Waals surface area contributed by atoms with E-state index in [1.165, 1.54) is 16.7 Å². The van der Waals surface area contributed by atoms with Gasteiger partial charge in [0.25, 0.3) is 0 Å². The highest BCUT2D eigenvalue weighted by Gasteiger charge is 1.98. The Balaban J connectivity index is 2.05. The third-order valence-electron chi connectivity index (χ3n) is 2.59. The van der Waals surface area contributed by atoms with Gasteiger partial charge in [-0.3, -0.25) is 4.98 Å². The molecule has 0 spiro atoms. The number of pyridine rings is 1. The standard InChI is InChI=1S/C14H15BrN2/c1-10-5-13(9-16-7-10)17-8-12-3-4-14(15)11(2)6-12/h3-7,9,17H,8H2,1-2H3. The Bertz CT molecular complexity index is 523. The molecule has 0 aliphatic heterocycles. The Labute approximate surface area is 110 Å². The monoisotopic (exact) mass is 290 g/mol. The minimum atomic E-state index is 0.819. The highest BCUT2D eigenvalue weighted by atomic mass is 79.9. The summed E-state index contributed by atoms with van der Waals surface area (Å²) in [6.07, 6.45) is 3.70. The van der Waals surface area contributed by atoms with E-state index in [0.717, 1.165) is 16.7 Å². The van der Waals surface area contributed by atoms with Crippen LogP contribution in [0.3, 0.4) is 0 Å². The van der Waals surface area contributed by atoms with Crippen LogP contribution in [0.2, 0.25) is 0 Å². The number of benzene rings is 1. The van der Waals surface area contributed by atoms with Gasteiger partial charge in [-0.15, -0.1) is 0 Å². The summed E-state index contributed by atoms with van der Waals surface area (Å²) >= 11 is 3.50. The third kappa shape index (κ3) is 3.30. The van der Waals surface area contributed by atoms with Gasteiger partial charge < -0.3 is 5.32 Å². The minimum absolute atomic E-state index is 0.819. The van der Waals surface area contributed by atoms with Crippen molar-refractivity contribution in [1.29, 1.82) is 0 Å². The molecule has 0 aliphatic rings. The smallest absolute Gasteiger partial charge is 0.0532 e. The second-order valence-corrected chi connectivity index (χ2v) is 5.04. The summed E-state index contributed by atoms with van der Waals surface area (Å²) in [4.78, 5) is 4.16. The van der Waals surface area contributed by atoms with E-state index in [4.69, 9.17) is 0 Å². The topological polar surface area (TPSA) is 24.9 Å². The summed E-state index contributed by atoms with van der Waals surface area (Å²) in [6, 6.07) is 8.48. The molecule has 0 aliphatic carbocycles. The molecular weight excluding hydrogens is 276 g/mol. The second kappa shape index (κ2) is 5.32. The molecule has 2 rings (SSSR count). The normalized spacial score (nSPS) is 10.3. The highest BCUT2D eigenvalue weighted by Crippen LogP contribution is 2.18. The molecule has 2 aromatic rings. The fraction of sp³-hybridized carbons (Fsp3) is 0.214. The molecule has 0 saturated heterocycles. The van der Waals surface area contributed by atoms with Gasteiger partial charge in [-0.05, 0) is 42.7 Å².